The molecular weight excluding hydrogens is 382 g/mol. The summed E-state index contributed by atoms with van der Waals surface area (Å²) in [6.07, 6.45) is 2.78. The van der Waals surface area contributed by atoms with Crippen LogP contribution in [0.1, 0.15) is 39.3 Å². The van der Waals surface area contributed by atoms with Gasteiger partial charge in [0, 0.05) is 35.6 Å². The Kier molecular flexibility index (Phi) is 5.34. The van der Waals surface area contributed by atoms with Gasteiger partial charge in [0.25, 0.3) is 11.8 Å². The lowest BCUT2D eigenvalue weighted by Gasteiger charge is -2.16. The lowest BCUT2D eigenvalue weighted by atomic mass is 10.1. The van der Waals surface area contributed by atoms with Crippen LogP contribution in [0.15, 0.2) is 65.3 Å². The molecule has 4 rings (SSSR count). The molecule has 0 saturated carbocycles. The van der Waals surface area contributed by atoms with Crippen LogP contribution >= 0.6 is 0 Å². The number of carbonyl (C=O) groups excluding carboxylic acids is 3. The highest BCUT2D eigenvalue weighted by Crippen LogP contribution is 2.23. The zero-order valence-electron chi connectivity index (χ0n) is 16.5. The number of rotatable bonds is 5. The number of furan rings is 1. The number of hydrogen-bond donors (Lipinski definition) is 2. The second-order valence-corrected chi connectivity index (χ2v) is 7.13. The van der Waals surface area contributed by atoms with E-state index in [-0.39, 0.29) is 17.7 Å². The number of hydrogen-bond acceptors (Lipinski definition) is 4. The molecule has 0 aliphatic carbocycles. The molecular formula is C23H21N3O4. The summed E-state index contributed by atoms with van der Waals surface area (Å²) in [6.45, 7) is 2.45. The van der Waals surface area contributed by atoms with Crippen molar-refractivity contribution in [2.45, 2.75) is 19.8 Å². The Morgan fingerprint density at radius 3 is 2.17 bits per heavy atom. The molecule has 1 fully saturated rings. The average molecular weight is 403 g/mol. The Hall–Kier alpha value is -3.87. The average Bonchev–Trinajstić information content (AvgIpc) is 3.38. The first kappa shape index (κ1) is 19.4. The minimum Gasteiger partial charge on any atom is -0.469 e. The van der Waals surface area contributed by atoms with Crippen molar-refractivity contribution < 1.29 is 18.8 Å². The maximum atomic E-state index is 12.6. The van der Waals surface area contributed by atoms with E-state index in [0.29, 0.717) is 41.2 Å². The minimum atomic E-state index is -0.269. The molecule has 0 atom stereocenters. The summed E-state index contributed by atoms with van der Waals surface area (Å²) < 4.78 is 5.14. The number of nitrogens with one attached hydrogen (secondary N) is 2. The molecule has 152 valence electrons. The van der Waals surface area contributed by atoms with Gasteiger partial charge in [0.1, 0.15) is 12.0 Å². The van der Waals surface area contributed by atoms with E-state index in [1.54, 1.807) is 60.4 Å². The maximum Gasteiger partial charge on any atom is 0.258 e. The first-order valence-corrected chi connectivity index (χ1v) is 9.68. The van der Waals surface area contributed by atoms with Gasteiger partial charge in [0.2, 0.25) is 5.91 Å². The third-order valence-electron chi connectivity index (χ3n) is 4.89. The number of anilines is 3. The first-order chi connectivity index (χ1) is 14.5. The summed E-state index contributed by atoms with van der Waals surface area (Å²) in [4.78, 5) is 38.4. The molecule has 1 aliphatic heterocycles. The van der Waals surface area contributed by atoms with Crippen LogP contribution in [-0.2, 0) is 4.79 Å². The van der Waals surface area contributed by atoms with Crippen LogP contribution in [0.25, 0.3) is 0 Å². The molecule has 0 spiro atoms. The zero-order chi connectivity index (χ0) is 21.1. The molecule has 3 aromatic rings. The van der Waals surface area contributed by atoms with Gasteiger partial charge in [0.15, 0.2) is 0 Å². The number of carbonyl (C=O) groups is 3. The van der Waals surface area contributed by atoms with Gasteiger partial charge in [0.05, 0.1) is 5.56 Å². The summed E-state index contributed by atoms with van der Waals surface area (Å²) in [6, 6.07) is 15.5. The van der Waals surface area contributed by atoms with Gasteiger partial charge in [-0.1, -0.05) is 6.07 Å². The maximum absolute atomic E-state index is 12.6. The Labute approximate surface area is 173 Å². The zero-order valence-corrected chi connectivity index (χ0v) is 16.5. The van der Waals surface area contributed by atoms with Crippen LogP contribution in [0, 0.1) is 6.92 Å². The van der Waals surface area contributed by atoms with Gasteiger partial charge in [-0.25, -0.2) is 0 Å². The Balaban J connectivity index is 1.40. The second kappa shape index (κ2) is 8.24. The van der Waals surface area contributed by atoms with E-state index in [1.807, 2.05) is 6.07 Å². The van der Waals surface area contributed by atoms with E-state index in [2.05, 4.69) is 10.6 Å². The fourth-order valence-corrected chi connectivity index (χ4v) is 3.34. The lowest BCUT2D eigenvalue weighted by Crippen LogP contribution is -2.24. The molecule has 30 heavy (non-hydrogen) atoms. The third-order valence-corrected chi connectivity index (χ3v) is 4.89. The molecule has 3 amide bonds. The molecule has 2 N–H and O–H groups in total. The van der Waals surface area contributed by atoms with Gasteiger partial charge in [-0.15, -0.1) is 0 Å². The Bertz CT molecular complexity index is 1100. The van der Waals surface area contributed by atoms with Crippen LogP contribution in [0.2, 0.25) is 0 Å². The number of amides is 3. The predicted octanol–water partition coefficient (Wildman–Crippen LogP) is 4.22. The van der Waals surface area contributed by atoms with Crippen molar-refractivity contribution in [1.82, 2.24) is 0 Å². The molecule has 0 bridgehead atoms. The van der Waals surface area contributed by atoms with Gasteiger partial charge < -0.3 is 20.0 Å². The summed E-state index contributed by atoms with van der Waals surface area (Å²) in [5, 5.41) is 5.61. The second-order valence-electron chi connectivity index (χ2n) is 7.13. The van der Waals surface area contributed by atoms with Crippen molar-refractivity contribution in [2.75, 3.05) is 22.1 Å². The highest BCUT2D eigenvalue weighted by Gasteiger charge is 2.22. The summed E-state index contributed by atoms with van der Waals surface area (Å²) >= 11 is 0. The lowest BCUT2D eigenvalue weighted by molar-refractivity contribution is -0.117. The van der Waals surface area contributed by atoms with Gasteiger partial charge in [-0.3, -0.25) is 14.4 Å². The van der Waals surface area contributed by atoms with Crippen LogP contribution in [0.4, 0.5) is 17.1 Å². The Morgan fingerprint density at radius 2 is 1.60 bits per heavy atom. The van der Waals surface area contributed by atoms with E-state index in [1.165, 1.54) is 6.26 Å². The van der Waals surface area contributed by atoms with Crippen molar-refractivity contribution >= 4 is 34.8 Å². The summed E-state index contributed by atoms with van der Waals surface area (Å²) in [5.41, 5.74) is 2.85. The summed E-state index contributed by atoms with van der Waals surface area (Å²) in [7, 11) is 0. The highest BCUT2D eigenvalue weighted by molar-refractivity contribution is 6.06. The standard InChI is InChI=1S/C23H21N3O4/c1-15-12-17(14-30-15)23(29)25-19-9-7-18(8-10-19)24-22(28)16-4-2-5-20(13-16)26-11-3-6-21(26)27/h2,4-5,7-10,12-14H,3,6,11H2,1H3,(H,24,28)(H,25,29). The normalized spacial score (nSPS) is 13.4. The molecule has 2 heterocycles. The minimum absolute atomic E-state index is 0.0794. The molecule has 7 heteroatoms. The van der Waals surface area contributed by atoms with Crippen molar-refractivity contribution in [1.29, 1.82) is 0 Å². The fraction of sp³-hybridized carbons (Fsp3) is 0.174. The van der Waals surface area contributed by atoms with Gasteiger partial charge in [-0.2, -0.15) is 0 Å². The van der Waals surface area contributed by atoms with Crippen molar-refractivity contribution in [3.63, 3.8) is 0 Å². The van der Waals surface area contributed by atoms with E-state index < -0.39 is 0 Å². The summed E-state index contributed by atoms with van der Waals surface area (Å²) in [5.74, 6) is 0.207. The van der Waals surface area contributed by atoms with Crippen molar-refractivity contribution in [3.8, 4) is 0 Å². The van der Waals surface area contributed by atoms with Gasteiger partial charge in [-0.05, 0) is 61.9 Å². The molecule has 1 aliphatic rings. The smallest absolute Gasteiger partial charge is 0.258 e. The molecule has 1 aromatic heterocycles. The van der Waals surface area contributed by atoms with Crippen LogP contribution in [0.5, 0.6) is 0 Å². The third kappa shape index (κ3) is 4.25. The van der Waals surface area contributed by atoms with Crippen molar-refractivity contribution in [2.24, 2.45) is 0 Å². The molecule has 0 unspecified atom stereocenters. The molecule has 7 nitrogen and oxygen atoms in total. The number of benzene rings is 2. The highest BCUT2D eigenvalue weighted by atomic mass is 16.3. The van der Waals surface area contributed by atoms with Crippen molar-refractivity contribution in [3.05, 3.63) is 77.7 Å². The van der Waals surface area contributed by atoms with Crippen LogP contribution < -0.4 is 15.5 Å². The van der Waals surface area contributed by atoms with Gasteiger partial charge >= 0.3 is 0 Å². The molecule has 0 radical (unpaired) electrons. The topological polar surface area (TPSA) is 91.7 Å². The van der Waals surface area contributed by atoms with E-state index in [0.717, 1.165) is 12.1 Å². The van der Waals surface area contributed by atoms with Crippen LogP contribution in [0.3, 0.4) is 0 Å². The SMILES string of the molecule is Cc1cc(C(=O)Nc2ccc(NC(=O)c3cccc(N4CCCC4=O)c3)cc2)co1. The largest absolute Gasteiger partial charge is 0.469 e. The monoisotopic (exact) mass is 403 g/mol. The van der Waals surface area contributed by atoms with E-state index >= 15 is 0 Å². The molecule has 1 saturated heterocycles. The quantitative estimate of drug-likeness (QED) is 0.667. The van der Waals surface area contributed by atoms with Crippen LogP contribution in [-0.4, -0.2) is 24.3 Å². The predicted molar refractivity (Wildman–Crippen MR) is 114 cm³/mol. The fourth-order valence-electron chi connectivity index (χ4n) is 3.34. The number of aryl methyl sites for hydroxylation is 1. The number of nitrogens with zero attached hydrogens (tertiary/aromatic N) is 1. The first-order valence-electron chi connectivity index (χ1n) is 9.68. The van der Waals surface area contributed by atoms with E-state index in [4.69, 9.17) is 4.42 Å². The van der Waals surface area contributed by atoms with E-state index in [9.17, 15) is 14.4 Å². The molecule has 2 aromatic carbocycles. The Morgan fingerprint density at radius 1 is 0.933 bits per heavy atom.